The third kappa shape index (κ3) is 4.89. The lowest BCUT2D eigenvalue weighted by Crippen LogP contribution is -2.41. The lowest BCUT2D eigenvalue weighted by Gasteiger charge is -2.26. The van der Waals surface area contributed by atoms with E-state index in [1.54, 1.807) is 13.0 Å². The Morgan fingerprint density at radius 1 is 1.17 bits per heavy atom. The standard InChI is InChI=1S/C22H26N4O3S/c1-16(23-22(28)20-3-2-14-30-20)21(27)24-18-4-5-19-17(15-18)6-7-26(19)9-8-25-10-12-29-13-11-25/h2-7,14-16H,8-13H2,1H3,(H,23,28)(H,24,27). The average molecular weight is 427 g/mol. The number of hydrogen-bond acceptors (Lipinski definition) is 5. The highest BCUT2D eigenvalue weighted by atomic mass is 32.1. The molecule has 30 heavy (non-hydrogen) atoms. The normalized spacial score (nSPS) is 15.8. The highest BCUT2D eigenvalue weighted by Gasteiger charge is 2.17. The molecule has 1 aliphatic rings. The first kappa shape index (κ1) is 20.6. The van der Waals surface area contributed by atoms with Gasteiger partial charge in [-0.15, -0.1) is 11.3 Å². The van der Waals surface area contributed by atoms with Gasteiger partial charge in [-0.05, 0) is 42.6 Å². The molecule has 7 nitrogen and oxygen atoms in total. The van der Waals surface area contributed by atoms with Crippen LogP contribution < -0.4 is 10.6 Å². The second kappa shape index (κ2) is 9.42. The van der Waals surface area contributed by atoms with Crippen LogP contribution in [0.4, 0.5) is 5.69 Å². The van der Waals surface area contributed by atoms with Crippen molar-refractivity contribution in [2.75, 3.05) is 38.2 Å². The maximum absolute atomic E-state index is 12.5. The second-order valence-corrected chi connectivity index (χ2v) is 8.35. The van der Waals surface area contributed by atoms with Gasteiger partial charge in [0.05, 0.1) is 18.1 Å². The van der Waals surface area contributed by atoms with Crippen LogP contribution in [-0.2, 0) is 16.1 Å². The molecule has 0 saturated carbocycles. The summed E-state index contributed by atoms with van der Waals surface area (Å²) in [5, 5.41) is 8.54. The number of anilines is 1. The van der Waals surface area contributed by atoms with Gasteiger partial charge in [0.1, 0.15) is 6.04 Å². The van der Waals surface area contributed by atoms with Gasteiger partial charge in [-0.1, -0.05) is 6.07 Å². The summed E-state index contributed by atoms with van der Waals surface area (Å²) in [5.41, 5.74) is 1.86. The van der Waals surface area contributed by atoms with Gasteiger partial charge in [0, 0.05) is 49.0 Å². The first-order chi connectivity index (χ1) is 14.6. The average Bonchev–Trinajstić information content (AvgIpc) is 3.43. The van der Waals surface area contributed by atoms with E-state index >= 15 is 0 Å². The van der Waals surface area contributed by atoms with Crippen LogP contribution in [0.3, 0.4) is 0 Å². The largest absolute Gasteiger partial charge is 0.379 e. The maximum atomic E-state index is 12.5. The number of morpholine rings is 1. The number of nitrogens with zero attached hydrogens (tertiary/aromatic N) is 2. The SMILES string of the molecule is CC(NC(=O)c1cccs1)C(=O)Nc1ccc2c(ccn2CCN2CCOCC2)c1. The minimum absolute atomic E-state index is 0.236. The van der Waals surface area contributed by atoms with Crippen LogP contribution in [0.25, 0.3) is 10.9 Å². The highest BCUT2D eigenvalue weighted by Crippen LogP contribution is 2.21. The van der Waals surface area contributed by atoms with E-state index in [0.717, 1.165) is 56.0 Å². The number of hydrogen-bond donors (Lipinski definition) is 2. The predicted molar refractivity (Wildman–Crippen MR) is 119 cm³/mol. The van der Waals surface area contributed by atoms with Gasteiger partial charge in [-0.2, -0.15) is 0 Å². The molecule has 4 rings (SSSR count). The van der Waals surface area contributed by atoms with Crippen LogP contribution in [-0.4, -0.2) is 60.2 Å². The number of nitrogens with one attached hydrogen (secondary N) is 2. The van der Waals surface area contributed by atoms with E-state index < -0.39 is 6.04 Å². The van der Waals surface area contributed by atoms with Crippen molar-refractivity contribution >= 4 is 39.7 Å². The van der Waals surface area contributed by atoms with E-state index in [4.69, 9.17) is 4.74 Å². The lowest BCUT2D eigenvalue weighted by molar-refractivity contribution is -0.117. The van der Waals surface area contributed by atoms with E-state index in [1.165, 1.54) is 11.3 Å². The van der Waals surface area contributed by atoms with Crippen molar-refractivity contribution in [1.29, 1.82) is 0 Å². The fourth-order valence-electron chi connectivity index (χ4n) is 3.54. The minimum atomic E-state index is -0.631. The summed E-state index contributed by atoms with van der Waals surface area (Å²) in [6.45, 7) is 7.17. The third-order valence-electron chi connectivity index (χ3n) is 5.29. The highest BCUT2D eigenvalue weighted by molar-refractivity contribution is 7.12. The van der Waals surface area contributed by atoms with Crippen molar-refractivity contribution in [2.24, 2.45) is 0 Å². The Kier molecular flexibility index (Phi) is 6.47. The molecule has 3 aromatic rings. The number of amides is 2. The van der Waals surface area contributed by atoms with Gasteiger partial charge in [0.15, 0.2) is 0 Å². The number of carbonyl (C=O) groups excluding carboxylic acids is 2. The van der Waals surface area contributed by atoms with Crippen molar-refractivity contribution in [2.45, 2.75) is 19.5 Å². The number of thiophene rings is 1. The Labute approximate surface area is 179 Å². The molecule has 0 bridgehead atoms. The van der Waals surface area contributed by atoms with E-state index in [1.807, 2.05) is 29.6 Å². The molecule has 0 aliphatic carbocycles. The zero-order valence-corrected chi connectivity index (χ0v) is 17.8. The summed E-state index contributed by atoms with van der Waals surface area (Å²) in [6.07, 6.45) is 2.08. The topological polar surface area (TPSA) is 75.6 Å². The summed E-state index contributed by atoms with van der Waals surface area (Å²) in [6, 6.07) is 10.9. The number of rotatable bonds is 7. The monoisotopic (exact) mass is 426 g/mol. The van der Waals surface area contributed by atoms with Crippen LogP contribution in [0.15, 0.2) is 48.0 Å². The molecule has 1 aromatic carbocycles. The summed E-state index contributed by atoms with van der Waals surface area (Å²) in [7, 11) is 0. The molecule has 8 heteroatoms. The fraction of sp³-hybridized carbons (Fsp3) is 0.364. The molecule has 1 aliphatic heterocycles. The zero-order valence-electron chi connectivity index (χ0n) is 17.0. The van der Waals surface area contributed by atoms with Gasteiger partial charge in [-0.3, -0.25) is 14.5 Å². The first-order valence-electron chi connectivity index (χ1n) is 10.1. The quantitative estimate of drug-likeness (QED) is 0.609. The number of benzene rings is 1. The fourth-order valence-corrected chi connectivity index (χ4v) is 4.17. The summed E-state index contributed by atoms with van der Waals surface area (Å²) in [5.74, 6) is -0.480. The Bertz CT molecular complexity index is 1010. The second-order valence-electron chi connectivity index (χ2n) is 7.40. The Morgan fingerprint density at radius 2 is 2.00 bits per heavy atom. The molecule has 2 amide bonds. The van der Waals surface area contributed by atoms with Crippen LogP contribution >= 0.6 is 11.3 Å². The molecule has 1 fully saturated rings. The first-order valence-corrected chi connectivity index (χ1v) is 11.0. The molecule has 2 aromatic heterocycles. The van der Waals surface area contributed by atoms with Crippen molar-refractivity contribution in [3.8, 4) is 0 Å². The molecule has 1 unspecified atom stereocenters. The van der Waals surface area contributed by atoms with Gasteiger partial charge >= 0.3 is 0 Å². The summed E-state index contributed by atoms with van der Waals surface area (Å²) in [4.78, 5) is 27.6. The van der Waals surface area contributed by atoms with Gasteiger partial charge in [0.2, 0.25) is 5.91 Å². The molecule has 1 saturated heterocycles. The summed E-state index contributed by atoms with van der Waals surface area (Å²) < 4.78 is 7.64. The summed E-state index contributed by atoms with van der Waals surface area (Å²) >= 11 is 1.35. The molecule has 3 heterocycles. The Balaban J connectivity index is 1.35. The molecule has 158 valence electrons. The Morgan fingerprint density at radius 3 is 2.77 bits per heavy atom. The van der Waals surface area contributed by atoms with E-state index in [2.05, 4.69) is 32.4 Å². The molecule has 2 N–H and O–H groups in total. The smallest absolute Gasteiger partial charge is 0.261 e. The predicted octanol–water partition coefficient (Wildman–Crippen LogP) is 2.79. The molecule has 0 radical (unpaired) electrons. The molecular formula is C22H26N4O3S. The van der Waals surface area contributed by atoms with Crippen LogP contribution in [0.5, 0.6) is 0 Å². The Hall–Kier alpha value is -2.68. The third-order valence-corrected chi connectivity index (χ3v) is 6.15. The number of ether oxygens (including phenoxy) is 1. The number of fused-ring (bicyclic) bond motifs is 1. The van der Waals surface area contributed by atoms with E-state index in [9.17, 15) is 9.59 Å². The van der Waals surface area contributed by atoms with Gasteiger partial charge in [-0.25, -0.2) is 0 Å². The maximum Gasteiger partial charge on any atom is 0.261 e. The van der Waals surface area contributed by atoms with Crippen LogP contribution in [0.2, 0.25) is 0 Å². The van der Waals surface area contributed by atoms with E-state index in [-0.39, 0.29) is 11.8 Å². The molecular weight excluding hydrogens is 400 g/mol. The zero-order chi connectivity index (χ0) is 20.9. The van der Waals surface area contributed by atoms with Crippen molar-refractivity contribution in [1.82, 2.24) is 14.8 Å². The van der Waals surface area contributed by atoms with Crippen LogP contribution in [0.1, 0.15) is 16.6 Å². The van der Waals surface area contributed by atoms with Crippen LogP contribution in [0, 0.1) is 0 Å². The van der Waals surface area contributed by atoms with Crippen molar-refractivity contribution in [3.05, 3.63) is 52.9 Å². The molecule has 1 atom stereocenters. The van der Waals surface area contributed by atoms with Crippen molar-refractivity contribution < 1.29 is 14.3 Å². The number of aromatic nitrogens is 1. The van der Waals surface area contributed by atoms with E-state index in [0.29, 0.717) is 4.88 Å². The minimum Gasteiger partial charge on any atom is -0.379 e. The molecule has 0 spiro atoms. The lowest BCUT2D eigenvalue weighted by atomic mass is 10.2. The van der Waals surface area contributed by atoms with Gasteiger partial charge < -0.3 is 19.9 Å². The number of carbonyl (C=O) groups is 2. The van der Waals surface area contributed by atoms with Gasteiger partial charge in [0.25, 0.3) is 5.91 Å². The van der Waals surface area contributed by atoms with Crippen molar-refractivity contribution in [3.63, 3.8) is 0 Å².